The molecule has 1 spiro atoms. The molecule has 7 nitrogen and oxygen atoms in total. The topological polar surface area (TPSA) is 86.8 Å². The van der Waals surface area contributed by atoms with E-state index < -0.39 is 15.4 Å². The number of hydrogen-bond donors (Lipinski definition) is 1. The van der Waals surface area contributed by atoms with Crippen LogP contribution in [0.1, 0.15) is 57.8 Å². The molecule has 1 N–H and O–H groups in total. The maximum absolute atomic E-state index is 13.1. The van der Waals surface area contributed by atoms with E-state index >= 15 is 0 Å². The summed E-state index contributed by atoms with van der Waals surface area (Å²) in [6, 6.07) is -0.0632. The molecule has 0 aromatic rings. The van der Waals surface area contributed by atoms with Gasteiger partial charge in [-0.3, -0.25) is 9.69 Å². The fourth-order valence-corrected chi connectivity index (χ4v) is 6.35. The van der Waals surface area contributed by atoms with Gasteiger partial charge in [-0.25, -0.2) is 18.1 Å². The van der Waals surface area contributed by atoms with Gasteiger partial charge in [-0.15, -0.1) is 0 Å². The Balaban J connectivity index is 1.50. The third-order valence-electron chi connectivity index (χ3n) is 6.20. The number of hydrogen-bond acceptors (Lipinski definition) is 5. The number of nitrogens with one attached hydrogen (secondary N) is 1. The summed E-state index contributed by atoms with van der Waals surface area (Å²) in [5.41, 5.74) is -0.718. The second-order valence-electron chi connectivity index (χ2n) is 8.10. The number of urea groups is 1. The van der Waals surface area contributed by atoms with Crippen molar-refractivity contribution < 1.29 is 18.0 Å². The lowest BCUT2D eigenvalue weighted by molar-refractivity contribution is -0.133. The van der Waals surface area contributed by atoms with Crippen molar-refractivity contribution in [3.05, 3.63) is 0 Å². The average Bonchev–Trinajstić information content (AvgIpc) is 3.32. The molecule has 2 saturated carbocycles. The first kappa shape index (κ1) is 17.3. The first-order chi connectivity index (χ1) is 11.9. The zero-order chi connectivity index (χ0) is 17.7. The molecule has 0 bridgehead atoms. The number of carbonyl (C=O) groups excluding carboxylic acids is 2. The van der Waals surface area contributed by atoms with Crippen molar-refractivity contribution in [3.8, 4) is 0 Å². The molecule has 4 rings (SSSR count). The lowest BCUT2D eigenvalue weighted by Gasteiger charge is -2.31. The Labute approximate surface area is 149 Å². The quantitative estimate of drug-likeness (QED) is 0.754. The fourth-order valence-electron chi connectivity index (χ4n) is 4.61. The van der Waals surface area contributed by atoms with Gasteiger partial charge in [-0.1, -0.05) is 25.7 Å². The smallest absolute Gasteiger partial charge is 0.323 e. The van der Waals surface area contributed by atoms with Gasteiger partial charge in [0.1, 0.15) is 5.54 Å². The number of carbonyl (C=O) groups is 2. The molecule has 0 radical (unpaired) electrons. The standard InChI is InChI=1S/C17H27N3O4S/c21-15-17(8-3-1-2-4-9-17)18-16(22)20(15)12-19(13-5-6-13)14-7-10-25(23,24)11-14/h13-14H,1-12H2,(H,18,22). The van der Waals surface area contributed by atoms with E-state index in [-0.39, 0.29) is 36.2 Å². The molecule has 0 aromatic carbocycles. The monoisotopic (exact) mass is 369 g/mol. The molecule has 2 saturated heterocycles. The molecule has 8 heteroatoms. The number of sulfone groups is 1. The summed E-state index contributed by atoms with van der Waals surface area (Å²) in [5, 5.41) is 2.97. The van der Waals surface area contributed by atoms with Crippen LogP contribution in [0.15, 0.2) is 0 Å². The van der Waals surface area contributed by atoms with E-state index in [9.17, 15) is 18.0 Å². The van der Waals surface area contributed by atoms with Crippen LogP contribution in [0.25, 0.3) is 0 Å². The van der Waals surface area contributed by atoms with Gasteiger partial charge < -0.3 is 5.32 Å². The van der Waals surface area contributed by atoms with Crippen LogP contribution in [-0.4, -0.2) is 66.0 Å². The second-order valence-corrected chi connectivity index (χ2v) is 10.3. The lowest BCUT2D eigenvalue weighted by atomic mass is 9.90. The molecule has 2 aliphatic carbocycles. The van der Waals surface area contributed by atoms with E-state index in [0.29, 0.717) is 12.5 Å². The summed E-state index contributed by atoms with van der Waals surface area (Å²) in [4.78, 5) is 29.0. The number of amides is 3. The molecule has 0 aromatic heterocycles. The summed E-state index contributed by atoms with van der Waals surface area (Å²) in [5.74, 6) is 0.259. The Morgan fingerprint density at radius 3 is 2.28 bits per heavy atom. The van der Waals surface area contributed by atoms with Crippen molar-refractivity contribution in [3.63, 3.8) is 0 Å². The van der Waals surface area contributed by atoms with E-state index in [1.165, 1.54) is 4.90 Å². The molecule has 4 aliphatic rings. The third-order valence-corrected chi connectivity index (χ3v) is 7.95. The summed E-state index contributed by atoms with van der Waals surface area (Å²) >= 11 is 0. The summed E-state index contributed by atoms with van der Waals surface area (Å²) in [7, 11) is -2.98. The van der Waals surface area contributed by atoms with Crippen LogP contribution in [0.3, 0.4) is 0 Å². The molecule has 1 atom stereocenters. The zero-order valence-corrected chi connectivity index (χ0v) is 15.4. The van der Waals surface area contributed by atoms with Crippen LogP contribution >= 0.6 is 0 Å². The highest BCUT2D eigenvalue weighted by atomic mass is 32.2. The number of rotatable bonds is 4. The summed E-state index contributed by atoms with van der Waals surface area (Å²) in [6.45, 7) is 0.233. The van der Waals surface area contributed by atoms with Crippen molar-refractivity contribution >= 4 is 21.8 Å². The molecule has 25 heavy (non-hydrogen) atoms. The SMILES string of the molecule is O=C1NC2(CCCCCC2)C(=O)N1CN(C1CC1)C1CCS(=O)(=O)C1. The minimum Gasteiger partial charge on any atom is -0.323 e. The van der Waals surface area contributed by atoms with Crippen LogP contribution < -0.4 is 5.32 Å². The van der Waals surface area contributed by atoms with E-state index in [1.54, 1.807) is 0 Å². The van der Waals surface area contributed by atoms with Gasteiger partial charge in [-0.2, -0.15) is 0 Å². The fraction of sp³-hybridized carbons (Fsp3) is 0.882. The van der Waals surface area contributed by atoms with Crippen LogP contribution in [-0.2, 0) is 14.6 Å². The first-order valence-corrected chi connectivity index (χ1v) is 11.3. The first-order valence-electron chi connectivity index (χ1n) is 9.51. The molecule has 4 fully saturated rings. The Morgan fingerprint density at radius 2 is 1.72 bits per heavy atom. The molecule has 140 valence electrons. The maximum atomic E-state index is 13.1. The van der Waals surface area contributed by atoms with Crippen LogP contribution in [0.2, 0.25) is 0 Å². The number of imide groups is 1. The zero-order valence-electron chi connectivity index (χ0n) is 14.6. The van der Waals surface area contributed by atoms with Crippen molar-refractivity contribution in [1.82, 2.24) is 15.1 Å². The molecule has 3 amide bonds. The van der Waals surface area contributed by atoms with Gasteiger partial charge in [0.05, 0.1) is 18.2 Å². The summed E-state index contributed by atoms with van der Waals surface area (Å²) in [6.07, 6.45) is 8.23. The highest BCUT2D eigenvalue weighted by Crippen LogP contribution is 2.36. The van der Waals surface area contributed by atoms with Crippen LogP contribution in [0.5, 0.6) is 0 Å². The third kappa shape index (κ3) is 3.30. The van der Waals surface area contributed by atoms with E-state index in [4.69, 9.17) is 0 Å². The molecular formula is C17H27N3O4S. The lowest BCUT2D eigenvalue weighted by Crippen LogP contribution is -2.50. The van der Waals surface area contributed by atoms with Crippen LogP contribution in [0, 0.1) is 0 Å². The molecule has 2 aliphatic heterocycles. The Hall–Kier alpha value is -1.15. The van der Waals surface area contributed by atoms with Crippen LogP contribution in [0.4, 0.5) is 4.79 Å². The van der Waals surface area contributed by atoms with Gasteiger partial charge in [0, 0.05) is 12.1 Å². The second kappa shape index (κ2) is 6.23. The van der Waals surface area contributed by atoms with Crippen molar-refractivity contribution in [2.45, 2.75) is 75.4 Å². The minimum atomic E-state index is -2.98. The highest BCUT2D eigenvalue weighted by molar-refractivity contribution is 7.91. The highest BCUT2D eigenvalue weighted by Gasteiger charge is 2.52. The van der Waals surface area contributed by atoms with Gasteiger partial charge >= 0.3 is 6.03 Å². The van der Waals surface area contributed by atoms with E-state index in [0.717, 1.165) is 51.4 Å². The predicted octanol–water partition coefficient (Wildman–Crippen LogP) is 1.24. The van der Waals surface area contributed by atoms with Crippen molar-refractivity contribution in [2.75, 3.05) is 18.2 Å². The van der Waals surface area contributed by atoms with Gasteiger partial charge in [0.25, 0.3) is 5.91 Å². The molecule has 1 unspecified atom stereocenters. The molecule has 2 heterocycles. The largest absolute Gasteiger partial charge is 0.326 e. The Bertz CT molecular complexity index is 665. The van der Waals surface area contributed by atoms with E-state index in [1.807, 2.05) is 0 Å². The Kier molecular flexibility index (Phi) is 4.30. The van der Waals surface area contributed by atoms with E-state index in [2.05, 4.69) is 10.2 Å². The minimum absolute atomic E-state index is 0.0659. The van der Waals surface area contributed by atoms with Gasteiger partial charge in [-0.05, 0) is 32.1 Å². The average molecular weight is 369 g/mol. The van der Waals surface area contributed by atoms with Crippen molar-refractivity contribution in [2.24, 2.45) is 0 Å². The van der Waals surface area contributed by atoms with Gasteiger partial charge in [0.15, 0.2) is 9.84 Å². The van der Waals surface area contributed by atoms with Gasteiger partial charge in [0.2, 0.25) is 0 Å². The molecular weight excluding hydrogens is 342 g/mol. The summed E-state index contributed by atoms with van der Waals surface area (Å²) < 4.78 is 23.7. The maximum Gasteiger partial charge on any atom is 0.326 e. The predicted molar refractivity (Wildman–Crippen MR) is 92.6 cm³/mol. The number of nitrogens with zero attached hydrogens (tertiary/aromatic N) is 2. The Morgan fingerprint density at radius 1 is 1.04 bits per heavy atom. The normalized spacial score (nSPS) is 31.6. The van der Waals surface area contributed by atoms with Crippen molar-refractivity contribution in [1.29, 1.82) is 0 Å².